The predicted molar refractivity (Wildman–Crippen MR) is 66.5 cm³/mol. The van der Waals surface area contributed by atoms with E-state index in [1.807, 2.05) is 7.05 Å². The average molecular weight is 237 g/mol. The molecule has 0 saturated heterocycles. The third kappa shape index (κ3) is 3.25. The number of aryl methyl sites for hydroxylation is 1. The zero-order valence-electron chi connectivity index (χ0n) is 11.1. The average Bonchev–Trinajstić information content (AvgIpc) is 3.05. The van der Waals surface area contributed by atoms with Crippen LogP contribution in [0.3, 0.4) is 0 Å². The first-order valence-electron chi connectivity index (χ1n) is 6.57. The van der Waals surface area contributed by atoms with E-state index in [0.29, 0.717) is 0 Å². The summed E-state index contributed by atoms with van der Waals surface area (Å²) < 4.78 is 0. The Morgan fingerprint density at radius 3 is 2.76 bits per heavy atom. The van der Waals surface area contributed by atoms with Crippen LogP contribution in [-0.2, 0) is 13.5 Å². The second-order valence-electron chi connectivity index (χ2n) is 5.48. The fraction of sp³-hybridized carbons (Fsp3) is 0.917. The number of rotatable bonds is 7. The topological polar surface area (TPSA) is 55.6 Å². The van der Waals surface area contributed by atoms with Crippen molar-refractivity contribution in [3.63, 3.8) is 0 Å². The third-order valence-corrected chi connectivity index (χ3v) is 3.63. The number of tetrazole rings is 1. The van der Waals surface area contributed by atoms with Gasteiger partial charge >= 0.3 is 0 Å². The molecule has 1 aromatic heterocycles. The molecule has 1 aromatic rings. The van der Waals surface area contributed by atoms with E-state index >= 15 is 0 Å². The van der Waals surface area contributed by atoms with Gasteiger partial charge in [-0.15, -0.1) is 10.2 Å². The van der Waals surface area contributed by atoms with Gasteiger partial charge in [0.1, 0.15) is 0 Å². The quantitative estimate of drug-likeness (QED) is 0.723. The van der Waals surface area contributed by atoms with E-state index < -0.39 is 0 Å². The van der Waals surface area contributed by atoms with E-state index in [4.69, 9.17) is 0 Å². The summed E-state index contributed by atoms with van der Waals surface area (Å²) in [6, 6.07) is 0. The fourth-order valence-electron chi connectivity index (χ4n) is 2.44. The smallest absolute Gasteiger partial charge is 0.175 e. The van der Waals surface area contributed by atoms with Crippen molar-refractivity contribution in [1.29, 1.82) is 0 Å². The Morgan fingerprint density at radius 2 is 2.24 bits per heavy atom. The first kappa shape index (κ1) is 12.5. The maximum absolute atomic E-state index is 4.30. The van der Waals surface area contributed by atoms with Crippen LogP contribution in [0.4, 0.5) is 0 Å². The lowest BCUT2D eigenvalue weighted by Crippen LogP contribution is -2.36. The van der Waals surface area contributed by atoms with Crippen molar-refractivity contribution in [2.24, 2.45) is 18.4 Å². The summed E-state index contributed by atoms with van der Waals surface area (Å²) in [5.74, 6) is 1.70. The third-order valence-electron chi connectivity index (χ3n) is 3.63. The minimum absolute atomic E-state index is 0.290. The summed E-state index contributed by atoms with van der Waals surface area (Å²) in [5.41, 5.74) is 0.290. The van der Waals surface area contributed by atoms with E-state index in [2.05, 4.69) is 34.6 Å². The molecule has 0 amide bonds. The molecule has 0 aromatic carbocycles. The monoisotopic (exact) mass is 237 g/mol. The SMILES string of the molecule is CCCNCC(C)(Cc1nnn(C)n1)C1CC1. The minimum atomic E-state index is 0.290. The molecule has 17 heavy (non-hydrogen) atoms. The highest BCUT2D eigenvalue weighted by atomic mass is 15.6. The molecule has 1 heterocycles. The van der Waals surface area contributed by atoms with Crippen LogP contribution >= 0.6 is 0 Å². The van der Waals surface area contributed by atoms with Crippen LogP contribution < -0.4 is 5.32 Å². The van der Waals surface area contributed by atoms with Crippen LogP contribution in [-0.4, -0.2) is 33.3 Å². The van der Waals surface area contributed by atoms with Gasteiger partial charge in [-0.05, 0) is 42.4 Å². The molecule has 1 N–H and O–H groups in total. The van der Waals surface area contributed by atoms with Crippen molar-refractivity contribution in [3.05, 3.63) is 5.82 Å². The molecule has 1 aliphatic rings. The fourth-order valence-corrected chi connectivity index (χ4v) is 2.44. The van der Waals surface area contributed by atoms with Crippen molar-refractivity contribution < 1.29 is 0 Å². The second kappa shape index (κ2) is 5.12. The van der Waals surface area contributed by atoms with Crippen LogP contribution in [0.15, 0.2) is 0 Å². The lowest BCUT2D eigenvalue weighted by molar-refractivity contribution is 0.251. The zero-order chi connectivity index (χ0) is 12.3. The van der Waals surface area contributed by atoms with Crippen LogP contribution in [0.2, 0.25) is 0 Å². The van der Waals surface area contributed by atoms with Gasteiger partial charge in [-0.3, -0.25) is 0 Å². The lowest BCUT2D eigenvalue weighted by atomic mass is 9.81. The molecule has 1 saturated carbocycles. The summed E-state index contributed by atoms with van der Waals surface area (Å²) >= 11 is 0. The summed E-state index contributed by atoms with van der Waals surface area (Å²) in [6.07, 6.45) is 4.82. The van der Waals surface area contributed by atoms with Crippen LogP contribution in [0.5, 0.6) is 0 Å². The first-order chi connectivity index (χ1) is 8.14. The Bertz CT molecular complexity index is 358. The summed E-state index contributed by atoms with van der Waals surface area (Å²) in [7, 11) is 1.82. The summed E-state index contributed by atoms with van der Waals surface area (Å²) in [6.45, 7) is 6.70. The van der Waals surface area contributed by atoms with E-state index in [0.717, 1.165) is 31.3 Å². The standard InChI is InChI=1S/C12H23N5/c1-4-7-13-9-12(2,10-5-6-10)8-11-14-16-17(3)15-11/h10,13H,4-9H2,1-3H3. The summed E-state index contributed by atoms with van der Waals surface area (Å²) in [4.78, 5) is 1.54. The predicted octanol–water partition coefficient (Wildman–Crippen LogP) is 1.17. The second-order valence-corrected chi connectivity index (χ2v) is 5.48. The van der Waals surface area contributed by atoms with Crippen LogP contribution in [0, 0.1) is 11.3 Å². The van der Waals surface area contributed by atoms with E-state index in [9.17, 15) is 0 Å². The van der Waals surface area contributed by atoms with Crippen LogP contribution in [0.1, 0.15) is 38.9 Å². The summed E-state index contributed by atoms with van der Waals surface area (Å²) in [5, 5.41) is 15.9. The molecular weight excluding hydrogens is 214 g/mol. The molecule has 5 heteroatoms. The molecular formula is C12H23N5. The molecule has 2 rings (SSSR count). The molecule has 0 spiro atoms. The number of hydrogen-bond donors (Lipinski definition) is 1. The maximum Gasteiger partial charge on any atom is 0.175 e. The highest BCUT2D eigenvalue weighted by molar-refractivity contribution is 4.98. The zero-order valence-corrected chi connectivity index (χ0v) is 11.1. The molecule has 0 bridgehead atoms. The van der Waals surface area contributed by atoms with E-state index in [1.54, 1.807) is 4.80 Å². The van der Waals surface area contributed by atoms with Crippen LogP contribution in [0.25, 0.3) is 0 Å². The Balaban J connectivity index is 1.95. The number of nitrogens with zero attached hydrogens (tertiary/aromatic N) is 4. The molecule has 0 radical (unpaired) electrons. The number of aromatic nitrogens is 4. The first-order valence-corrected chi connectivity index (χ1v) is 6.57. The van der Waals surface area contributed by atoms with Crippen molar-refractivity contribution >= 4 is 0 Å². The minimum Gasteiger partial charge on any atom is -0.316 e. The van der Waals surface area contributed by atoms with Gasteiger partial charge in [0.2, 0.25) is 0 Å². The van der Waals surface area contributed by atoms with Crippen molar-refractivity contribution in [3.8, 4) is 0 Å². The molecule has 0 aliphatic heterocycles. The van der Waals surface area contributed by atoms with Gasteiger partial charge < -0.3 is 5.32 Å². The van der Waals surface area contributed by atoms with Gasteiger partial charge in [-0.2, -0.15) is 4.80 Å². The number of hydrogen-bond acceptors (Lipinski definition) is 4. The Kier molecular flexibility index (Phi) is 3.76. The van der Waals surface area contributed by atoms with Gasteiger partial charge in [0.25, 0.3) is 0 Å². The van der Waals surface area contributed by atoms with Gasteiger partial charge in [0.05, 0.1) is 7.05 Å². The Hall–Kier alpha value is -0.970. The van der Waals surface area contributed by atoms with Gasteiger partial charge in [-0.25, -0.2) is 0 Å². The normalized spacial score (nSPS) is 19.2. The number of nitrogens with one attached hydrogen (secondary N) is 1. The van der Waals surface area contributed by atoms with Gasteiger partial charge in [0, 0.05) is 13.0 Å². The van der Waals surface area contributed by atoms with Gasteiger partial charge in [0.15, 0.2) is 5.82 Å². The van der Waals surface area contributed by atoms with E-state index in [-0.39, 0.29) is 5.41 Å². The lowest BCUT2D eigenvalue weighted by Gasteiger charge is -2.28. The highest BCUT2D eigenvalue weighted by Gasteiger charge is 2.41. The molecule has 1 unspecified atom stereocenters. The maximum atomic E-state index is 4.30. The largest absolute Gasteiger partial charge is 0.316 e. The molecule has 1 fully saturated rings. The highest BCUT2D eigenvalue weighted by Crippen LogP contribution is 2.46. The molecule has 1 aliphatic carbocycles. The molecule has 1 atom stereocenters. The molecule has 5 nitrogen and oxygen atoms in total. The van der Waals surface area contributed by atoms with Crippen molar-refractivity contribution in [1.82, 2.24) is 25.5 Å². The Morgan fingerprint density at radius 1 is 1.47 bits per heavy atom. The van der Waals surface area contributed by atoms with E-state index in [1.165, 1.54) is 19.3 Å². The Labute approximate surface area is 103 Å². The van der Waals surface area contributed by atoms with Crippen molar-refractivity contribution in [2.75, 3.05) is 13.1 Å². The molecule has 96 valence electrons. The van der Waals surface area contributed by atoms with Crippen molar-refractivity contribution in [2.45, 2.75) is 39.5 Å². The van der Waals surface area contributed by atoms with Gasteiger partial charge in [-0.1, -0.05) is 13.8 Å².